The lowest BCUT2D eigenvalue weighted by atomic mass is 9.46. The van der Waals surface area contributed by atoms with Gasteiger partial charge in [0.2, 0.25) is 0 Å². The standard InChI is InChI=1S/C63H59BN2OS/c1-59(2,3)34-21-24-36(25-22-34)66-48-32-39-37-17-13-15-19-43(37)63(11,12)44(39)30-41(48)51-52-38-18-14-16-20-50(38)68-57(52)53-40-31-45-46(62(9,10)28-27-61(45,7)8)33-47(40)65-55-42-29-35(60(4,5)6)23-26-49(42)67-58(55)64(66)54(51)56(53)65/h13-26,29-33H,27-28H2,1-12H3. The van der Waals surface area contributed by atoms with Crippen LogP contribution in [-0.2, 0) is 27.1 Å². The first-order chi connectivity index (χ1) is 32.2. The molecule has 4 aliphatic rings. The second kappa shape index (κ2) is 12.8. The fourth-order valence-corrected chi connectivity index (χ4v) is 14.7. The molecule has 0 radical (unpaired) electrons. The Morgan fingerprint density at radius 3 is 2.00 bits per heavy atom. The second-order valence-corrected chi connectivity index (χ2v) is 25.8. The number of thiophene rings is 1. The molecule has 0 atom stereocenters. The lowest BCUT2D eigenvalue weighted by Gasteiger charge is -2.42. The number of furan rings is 1. The Balaban J connectivity index is 1.24. The van der Waals surface area contributed by atoms with Gasteiger partial charge in [-0.3, -0.25) is 0 Å². The quantitative estimate of drug-likeness (QED) is 0.153. The van der Waals surface area contributed by atoms with E-state index in [1.165, 1.54) is 132 Å². The van der Waals surface area contributed by atoms with Crippen molar-refractivity contribution in [2.24, 2.45) is 0 Å². The first-order valence-electron chi connectivity index (χ1n) is 25.0. The normalized spacial score (nSPS) is 17.3. The molecule has 5 heterocycles. The lowest BCUT2D eigenvalue weighted by Crippen LogP contribution is -2.60. The van der Waals surface area contributed by atoms with Gasteiger partial charge in [-0.25, -0.2) is 0 Å². The zero-order valence-corrected chi connectivity index (χ0v) is 42.5. The number of hydrogen-bond acceptors (Lipinski definition) is 3. The molecular formula is C63H59BN2OS. The van der Waals surface area contributed by atoms with Crippen molar-refractivity contribution in [2.45, 2.75) is 123 Å². The number of hydrogen-bond donors (Lipinski definition) is 0. The molecule has 3 aromatic heterocycles. The van der Waals surface area contributed by atoms with Crippen LogP contribution in [0.5, 0.6) is 0 Å². The Labute approximate surface area is 404 Å². The van der Waals surface area contributed by atoms with E-state index in [9.17, 15) is 0 Å². The molecule has 2 aliphatic carbocycles. The molecular weight excluding hydrogens is 844 g/mol. The van der Waals surface area contributed by atoms with E-state index >= 15 is 0 Å². The monoisotopic (exact) mass is 902 g/mol. The maximum atomic E-state index is 7.59. The number of fused-ring (bicyclic) bond motifs is 19. The summed E-state index contributed by atoms with van der Waals surface area (Å²) in [6.07, 6.45) is 2.33. The minimum absolute atomic E-state index is 0.0174. The van der Waals surface area contributed by atoms with Gasteiger partial charge in [-0.15, -0.1) is 11.3 Å². The first kappa shape index (κ1) is 41.0. The van der Waals surface area contributed by atoms with Gasteiger partial charge in [0, 0.05) is 58.7 Å². The zero-order chi connectivity index (χ0) is 46.9. The van der Waals surface area contributed by atoms with Gasteiger partial charge in [0.15, 0.2) is 0 Å². The topological polar surface area (TPSA) is 21.3 Å². The average Bonchev–Trinajstić information content (AvgIpc) is 4.03. The van der Waals surface area contributed by atoms with E-state index in [1.54, 1.807) is 0 Å². The van der Waals surface area contributed by atoms with Crippen LogP contribution in [0.25, 0.3) is 80.9 Å². The van der Waals surface area contributed by atoms with Crippen LogP contribution < -0.4 is 15.9 Å². The molecule has 2 aliphatic heterocycles. The molecule has 0 unspecified atom stereocenters. The second-order valence-electron chi connectivity index (χ2n) is 24.8. The van der Waals surface area contributed by atoms with E-state index in [0.717, 1.165) is 17.7 Å². The molecule has 68 heavy (non-hydrogen) atoms. The van der Waals surface area contributed by atoms with Gasteiger partial charge in [0.05, 0.1) is 16.7 Å². The van der Waals surface area contributed by atoms with E-state index in [0.29, 0.717) is 0 Å². The highest BCUT2D eigenvalue weighted by Gasteiger charge is 2.50. The van der Waals surface area contributed by atoms with Crippen LogP contribution in [0.15, 0.2) is 120 Å². The number of rotatable bonds is 1. The Bertz CT molecular complexity index is 3910. The van der Waals surface area contributed by atoms with Crippen LogP contribution in [0.4, 0.5) is 11.4 Å². The van der Waals surface area contributed by atoms with Crippen molar-refractivity contribution in [1.82, 2.24) is 4.57 Å². The molecule has 0 spiro atoms. The van der Waals surface area contributed by atoms with Gasteiger partial charge in [0.25, 0.3) is 0 Å². The smallest absolute Gasteiger partial charge is 0.375 e. The highest BCUT2D eigenvalue weighted by atomic mass is 32.1. The SMILES string of the molecule is CC(C)(C)c1ccc(N2B3c4oc5ccc(C(C)(C)C)cc5c4-n4c5cc6c(cc5c5c7sc8ccccc8c7c(c3c54)-c3cc4c(cc32)-c2ccccc2C4(C)C)C(C)(C)CCC6(C)C)cc1. The summed E-state index contributed by atoms with van der Waals surface area (Å²) in [7, 11) is 0. The zero-order valence-electron chi connectivity index (χ0n) is 41.7. The summed E-state index contributed by atoms with van der Waals surface area (Å²) in [5.74, 6) is 0. The highest BCUT2D eigenvalue weighted by Crippen LogP contribution is 2.58. The Kier molecular flexibility index (Phi) is 7.70. The summed E-state index contributed by atoms with van der Waals surface area (Å²) in [4.78, 5) is 2.68. The number of nitrogens with zero attached hydrogens (tertiary/aromatic N) is 2. The molecule has 0 saturated carbocycles. The summed E-state index contributed by atoms with van der Waals surface area (Å²) in [5, 5.41) is 6.64. The van der Waals surface area contributed by atoms with Crippen molar-refractivity contribution in [3.05, 3.63) is 149 Å². The van der Waals surface area contributed by atoms with Crippen LogP contribution in [0.2, 0.25) is 0 Å². The van der Waals surface area contributed by atoms with Crippen LogP contribution in [0.1, 0.15) is 129 Å². The van der Waals surface area contributed by atoms with Crippen molar-refractivity contribution in [1.29, 1.82) is 0 Å². The third-order valence-electron chi connectivity index (χ3n) is 17.3. The van der Waals surface area contributed by atoms with Gasteiger partial charge in [-0.05, 0) is 145 Å². The lowest BCUT2D eigenvalue weighted by molar-refractivity contribution is 0.332. The molecule has 336 valence electrons. The molecule has 7 aromatic carbocycles. The molecule has 0 fully saturated rings. The first-order valence-corrected chi connectivity index (χ1v) is 25.8. The third kappa shape index (κ3) is 5.11. The van der Waals surface area contributed by atoms with Crippen molar-refractivity contribution in [2.75, 3.05) is 4.81 Å². The van der Waals surface area contributed by atoms with Gasteiger partial charge >= 0.3 is 6.85 Å². The van der Waals surface area contributed by atoms with E-state index in [2.05, 4.69) is 208 Å². The summed E-state index contributed by atoms with van der Waals surface area (Å²) in [6, 6.07) is 45.3. The van der Waals surface area contributed by atoms with Crippen molar-refractivity contribution >= 4 is 93.6 Å². The fourth-order valence-electron chi connectivity index (χ4n) is 13.4. The van der Waals surface area contributed by atoms with E-state index < -0.39 is 0 Å². The summed E-state index contributed by atoms with van der Waals surface area (Å²) in [5.41, 5.74) is 23.2. The summed E-state index contributed by atoms with van der Waals surface area (Å²) < 4.78 is 13.0. The van der Waals surface area contributed by atoms with Crippen LogP contribution in [0, 0.1) is 0 Å². The largest absolute Gasteiger partial charge is 0.466 e. The van der Waals surface area contributed by atoms with E-state index in [1.807, 2.05) is 11.3 Å². The molecule has 0 saturated heterocycles. The minimum Gasteiger partial charge on any atom is -0.466 e. The summed E-state index contributed by atoms with van der Waals surface area (Å²) in [6.45, 7) is 28.5. The van der Waals surface area contributed by atoms with Gasteiger partial charge in [0.1, 0.15) is 11.2 Å². The molecule has 0 bridgehead atoms. The van der Waals surface area contributed by atoms with E-state index in [-0.39, 0.29) is 33.9 Å². The van der Waals surface area contributed by atoms with Crippen LogP contribution >= 0.6 is 11.3 Å². The molecule has 14 rings (SSSR count). The van der Waals surface area contributed by atoms with Crippen LogP contribution in [0.3, 0.4) is 0 Å². The molecule has 0 N–H and O–H groups in total. The molecule has 5 heteroatoms. The predicted molar refractivity (Wildman–Crippen MR) is 293 cm³/mol. The van der Waals surface area contributed by atoms with Gasteiger partial charge in [-0.1, -0.05) is 144 Å². The number of anilines is 2. The molecule has 3 nitrogen and oxygen atoms in total. The van der Waals surface area contributed by atoms with E-state index in [4.69, 9.17) is 4.42 Å². The van der Waals surface area contributed by atoms with Crippen molar-refractivity contribution < 1.29 is 4.42 Å². The van der Waals surface area contributed by atoms with Gasteiger partial charge < -0.3 is 13.8 Å². The third-order valence-corrected chi connectivity index (χ3v) is 18.5. The molecule has 0 amide bonds. The number of aromatic nitrogens is 1. The predicted octanol–water partition coefficient (Wildman–Crippen LogP) is 16.4. The maximum Gasteiger partial charge on any atom is 0.375 e. The minimum atomic E-state index is -0.244. The van der Waals surface area contributed by atoms with Crippen molar-refractivity contribution in [3.8, 4) is 27.9 Å². The summed E-state index contributed by atoms with van der Waals surface area (Å²) >= 11 is 1.99. The highest BCUT2D eigenvalue weighted by molar-refractivity contribution is 7.27. The van der Waals surface area contributed by atoms with Gasteiger partial charge in [-0.2, -0.15) is 0 Å². The maximum absolute atomic E-state index is 7.59. The number of benzene rings is 7. The Morgan fingerprint density at radius 1 is 0.588 bits per heavy atom. The molecule has 10 aromatic rings. The fraction of sp³-hybridized carbons (Fsp3) is 0.302. The van der Waals surface area contributed by atoms with Crippen molar-refractivity contribution in [3.63, 3.8) is 0 Å². The Morgan fingerprint density at radius 2 is 1.26 bits per heavy atom. The van der Waals surface area contributed by atoms with Crippen LogP contribution in [-0.4, -0.2) is 11.4 Å². The Hall–Kier alpha value is -6.04. The average molecular weight is 903 g/mol.